The number of hydrogen-bond acceptors (Lipinski definition) is 2. The van der Waals surface area contributed by atoms with Gasteiger partial charge in [-0.2, -0.15) is 0 Å². The lowest BCUT2D eigenvalue weighted by Crippen LogP contribution is -2.60. The Morgan fingerprint density at radius 1 is 0.862 bits per heavy atom. The van der Waals surface area contributed by atoms with Crippen molar-refractivity contribution in [2.75, 3.05) is 13.1 Å². The molecule has 152 valence electrons. The van der Waals surface area contributed by atoms with Crippen molar-refractivity contribution in [3.05, 3.63) is 71.8 Å². The number of ether oxygens (including phenoxy) is 1. The van der Waals surface area contributed by atoms with Crippen LogP contribution in [0.2, 0.25) is 0 Å². The van der Waals surface area contributed by atoms with Crippen molar-refractivity contribution in [3.8, 4) is 0 Å². The van der Waals surface area contributed by atoms with Crippen LogP contribution in [0.25, 0.3) is 0 Å². The van der Waals surface area contributed by atoms with E-state index in [2.05, 4.69) is 22.6 Å². The van der Waals surface area contributed by atoms with Crippen molar-refractivity contribution in [1.82, 2.24) is 0 Å². The van der Waals surface area contributed by atoms with Gasteiger partial charge in [-0.1, -0.05) is 83.3 Å². The fourth-order valence-electron chi connectivity index (χ4n) is 6.28. The molecule has 2 bridgehead atoms. The lowest BCUT2D eigenvalue weighted by molar-refractivity contribution is -0.956. The quantitative estimate of drug-likeness (QED) is 0.248. The smallest absolute Gasteiger partial charge is 0.331 e. The Morgan fingerprint density at radius 3 is 1.83 bits per heavy atom. The number of rotatable bonds is 4. The molecule has 0 saturated carbocycles. The standard InChI is InChI=1S/C25H29INO2/c26-25(19-9-3-1-4-10-19,20-11-5-2-6-12-20)24(28)29-23-17-21-13-14-22(18-23)27(21)15-7-8-16-27/h1-6,9-12,21-23H,7-8,13-18H2/q+1. The van der Waals surface area contributed by atoms with E-state index in [0.717, 1.165) is 24.0 Å². The molecule has 3 heterocycles. The fourth-order valence-corrected chi connectivity index (χ4v) is 7.12. The van der Waals surface area contributed by atoms with Crippen LogP contribution < -0.4 is 0 Å². The molecule has 3 aliphatic heterocycles. The zero-order valence-electron chi connectivity index (χ0n) is 16.8. The van der Waals surface area contributed by atoms with Crippen molar-refractivity contribution < 1.29 is 14.0 Å². The highest BCUT2D eigenvalue weighted by Crippen LogP contribution is 2.47. The fraction of sp³-hybridized carbons (Fsp3) is 0.480. The predicted octanol–water partition coefficient (Wildman–Crippen LogP) is 5.21. The van der Waals surface area contributed by atoms with E-state index in [-0.39, 0.29) is 12.1 Å². The third kappa shape index (κ3) is 3.23. The Kier molecular flexibility index (Phi) is 5.19. The first-order valence-corrected chi connectivity index (χ1v) is 12.1. The number of piperidine rings is 1. The summed E-state index contributed by atoms with van der Waals surface area (Å²) < 4.78 is 6.82. The van der Waals surface area contributed by atoms with Crippen molar-refractivity contribution in [3.63, 3.8) is 0 Å². The minimum atomic E-state index is -0.809. The second-order valence-corrected chi connectivity index (χ2v) is 10.6. The topological polar surface area (TPSA) is 26.3 Å². The molecule has 2 atom stereocenters. The van der Waals surface area contributed by atoms with Gasteiger partial charge in [-0.25, -0.2) is 4.79 Å². The Hall–Kier alpha value is -1.40. The van der Waals surface area contributed by atoms with Crippen LogP contribution in [0.4, 0.5) is 0 Å². The second kappa shape index (κ2) is 7.69. The summed E-state index contributed by atoms with van der Waals surface area (Å²) in [5.74, 6) is -0.116. The van der Waals surface area contributed by atoms with Crippen LogP contribution >= 0.6 is 22.6 Å². The van der Waals surface area contributed by atoms with E-state index in [9.17, 15) is 4.79 Å². The minimum absolute atomic E-state index is 0.0610. The zero-order chi connectivity index (χ0) is 19.9. The summed E-state index contributed by atoms with van der Waals surface area (Å²) in [7, 11) is 0. The molecule has 2 unspecified atom stereocenters. The maximum atomic E-state index is 13.6. The summed E-state index contributed by atoms with van der Waals surface area (Å²) in [6, 6.07) is 21.5. The van der Waals surface area contributed by atoms with Gasteiger partial charge in [0.1, 0.15) is 6.10 Å². The molecule has 5 rings (SSSR count). The highest BCUT2D eigenvalue weighted by Gasteiger charge is 2.56. The SMILES string of the molecule is O=C(OC1CC2CCC(C1)[N+]21CCCC1)C(I)(c1ccccc1)c1ccccc1. The number of esters is 1. The molecule has 2 aromatic rings. The van der Waals surface area contributed by atoms with Gasteiger partial charge < -0.3 is 9.22 Å². The molecule has 1 spiro atoms. The van der Waals surface area contributed by atoms with E-state index >= 15 is 0 Å². The molecular weight excluding hydrogens is 473 g/mol. The van der Waals surface area contributed by atoms with E-state index in [1.165, 1.54) is 43.3 Å². The molecule has 29 heavy (non-hydrogen) atoms. The summed E-state index contributed by atoms with van der Waals surface area (Å²) in [6.45, 7) is 2.69. The van der Waals surface area contributed by atoms with Crippen LogP contribution in [0.5, 0.6) is 0 Å². The average molecular weight is 502 g/mol. The number of benzene rings is 2. The van der Waals surface area contributed by atoms with Crippen LogP contribution in [0.3, 0.4) is 0 Å². The first-order valence-electron chi connectivity index (χ1n) is 11.0. The highest BCUT2D eigenvalue weighted by molar-refractivity contribution is 14.1. The molecule has 0 aromatic heterocycles. The van der Waals surface area contributed by atoms with Gasteiger partial charge in [-0.05, 0) is 11.1 Å². The van der Waals surface area contributed by atoms with Crippen LogP contribution in [-0.4, -0.2) is 41.7 Å². The molecule has 2 aromatic carbocycles. The molecule has 3 saturated heterocycles. The van der Waals surface area contributed by atoms with E-state index in [4.69, 9.17) is 4.74 Å². The normalized spacial score (nSPS) is 27.8. The molecule has 3 nitrogen and oxygen atoms in total. The van der Waals surface area contributed by atoms with E-state index in [0.29, 0.717) is 12.1 Å². The lowest BCUT2D eigenvalue weighted by Gasteiger charge is -2.47. The molecule has 0 amide bonds. The molecule has 3 aliphatic rings. The number of carbonyl (C=O) groups is 1. The van der Waals surface area contributed by atoms with Crippen LogP contribution in [0.15, 0.2) is 60.7 Å². The first kappa shape index (κ1) is 19.6. The van der Waals surface area contributed by atoms with Gasteiger partial charge >= 0.3 is 5.97 Å². The summed E-state index contributed by atoms with van der Waals surface area (Å²) in [5.41, 5.74) is 1.97. The Balaban J connectivity index is 1.40. The first-order chi connectivity index (χ1) is 14.1. The molecular formula is C25H29INO2+. The summed E-state index contributed by atoms with van der Waals surface area (Å²) in [6.07, 6.45) is 7.51. The number of quaternary nitrogens is 1. The van der Waals surface area contributed by atoms with Crippen LogP contribution in [0, 0.1) is 0 Å². The van der Waals surface area contributed by atoms with Gasteiger partial charge in [-0.15, -0.1) is 0 Å². The average Bonchev–Trinajstić information content (AvgIpc) is 3.31. The minimum Gasteiger partial charge on any atom is -0.460 e. The van der Waals surface area contributed by atoms with Gasteiger partial charge in [0.15, 0.2) is 3.42 Å². The Labute approximate surface area is 187 Å². The molecule has 3 fully saturated rings. The number of nitrogens with zero attached hydrogens (tertiary/aromatic N) is 1. The second-order valence-electron chi connectivity index (χ2n) is 9.03. The third-order valence-corrected chi connectivity index (χ3v) is 9.34. The number of alkyl halides is 1. The Bertz CT molecular complexity index is 807. The lowest BCUT2D eigenvalue weighted by atomic mass is 9.90. The third-order valence-electron chi connectivity index (χ3n) is 7.65. The van der Waals surface area contributed by atoms with Gasteiger partial charge in [0.05, 0.1) is 25.2 Å². The summed E-state index contributed by atoms with van der Waals surface area (Å²) >= 11 is 2.31. The Morgan fingerprint density at radius 2 is 1.34 bits per heavy atom. The van der Waals surface area contributed by atoms with Gasteiger partial charge in [-0.3, -0.25) is 0 Å². The predicted molar refractivity (Wildman–Crippen MR) is 123 cm³/mol. The van der Waals surface area contributed by atoms with Crippen molar-refractivity contribution >= 4 is 28.6 Å². The highest BCUT2D eigenvalue weighted by atomic mass is 127. The van der Waals surface area contributed by atoms with Crippen molar-refractivity contribution in [2.24, 2.45) is 0 Å². The molecule has 4 heteroatoms. The maximum Gasteiger partial charge on any atom is 0.331 e. The van der Waals surface area contributed by atoms with Crippen molar-refractivity contribution in [2.45, 2.75) is 60.1 Å². The van der Waals surface area contributed by atoms with E-state index in [1.54, 1.807) is 0 Å². The number of hydrogen-bond donors (Lipinski definition) is 0. The zero-order valence-corrected chi connectivity index (χ0v) is 19.0. The summed E-state index contributed by atoms with van der Waals surface area (Å²) in [4.78, 5) is 13.6. The number of halogens is 1. The van der Waals surface area contributed by atoms with Gasteiger partial charge in [0, 0.05) is 38.5 Å². The molecule has 0 radical (unpaired) electrons. The monoisotopic (exact) mass is 502 g/mol. The van der Waals surface area contributed by atoms with Gasteiger partial charge in [0.2, 0.25) is 0 Å². The maximum absolute atomic E-state index is 13.6. The summed E-state index contributed by atoms with van der Waals surface area (Å²) in [5, 5.41) is 0. The van der Waals surface area contributed by atoms with Crippen LogP contribution in [0.1, 0.15) is 49.7 Å². The number of carbonyl (C=O) groups excluding carboxylic acids is 1. The molecule has 0 aliphatic carbocycles. The van der Waals surface area contributed by atoms with Gasteiger partial charge in [0.25, 0.3) is 0 Å². The van der Waals surface area contributed by atoms with Crippen LogP contribution in [-0.2, 0) is 13.0 Å². The van der Waals surface area contributed by atoms with E-state index < -0.39 is 3.42 Å². The van der Waals surface area contributed by atoms with Crippen molar-refractivity contribution in [1.29, 1.82) is 0 Å². The molecule has 0 N–H and O–H groups in total. The largest absolute Gasteiger partial charge is 0.460 e. The van der Waals surface area contributed by atoms with E-state index in [1.807, 2.05) is 60.7 Å².